The van der Waals surface area contributed by atoms with Gasteiger partial charge in [0.2, 0.25) is 15.7 Å². The molecule has 0 aliphatic carbocycles. The van der Waals surface area contributed by atoms with Crippen molar-refractivity contribution in [2.24, 2.45) is 0 Å². The lowest BCUT2D eigenvalue weighted by atomic mass is 10.2. The van der Waals surface area contributed by atoms with Gasteiger partial charge in [0.25, 0.3) is 5.56 Å². The van der Waals surface area contributed by atoms with Gasteiger partial charge in [-0.1, -0.05) is 24.3 Å². The van der Waals surface area contributed by atoms with Crippen LogP contribution in [0.1, 0.15) is 5.56 Å². The Morgan fingerprint density at radius 2 is 1.67 bits per heavy atom. The van der Waals surface area contributed by atoms with Crippen LogP contribution in [0.4, 0.5) is 0 Å². The highest BCUT2D eigenvalue weighted by molar-refractivity contribution is 7.95. The molecule has 2 aromatic heterocycles. The number of hydrogen-bond donors (Lipinski definition) is 0. The van der Waals surface area contributed by atoms with E-state index in [1.54, 1.807) is 66.7 Å². The summed E-state index contributed by atoms with van der Waals surface area (Å²) in [6.45, 7) is 0. The van der Waals surface area contributed by atoms with Gasteiger partial charge in [0.05, 0.1) is 12.0 Å². The lowest BCUT2D eigenvalue weighted by Gasteiger charge is -2.11. The molecule has 2 heterocycles. The number of sulfone groups is 1. The lowest BCUT2D eigenvalue weighted by Crippen LogP contribution is -2.19. The van der Waals surface area contributed by atoms with Crippen molar-refractivity contribution in [2.75, 3.05) is 7.11 Å². The number of nitriles is 1. The third-order valence-electron chi connectivity index (χ3n) is 4.74. The van der Waals surface area contributed by atoms with Crippen molar-refractivity contribution in [1.82, 2.24) is 9.38 Å². The predicted molar refractivity (Wildman–Crippen MR) is 122 cm³/mol. The van der Waals surface area contributed by atoms with E-state index in [0.29, 0.717) is 17.1 Å². The first-order chi connectivity index (χ1) is 15.9. The number of hydrogen-bond acceptors (Lipinski definition) is 7. The van der Waals surface area contributed by atoms with Gasteiger partial charge in [-0.05, 0) is 54.6 Å². The SMILES string of the molecule is COc1ccc(Oc2nc3ccccn3c(=O)c2C=C(C#N)S(=O)(=O)c2ccccc2)cc1. The normalized spacial score (nSPS) is 11.7. The second-order valence-corrected chi connectivity index (χ2v) is 8.70. The second-order valence-electron chi connectivity index (χ2n) is 6.78. The zero-order chi connectivity index (χ0) is 23.4. The molecule has 0 saturated heterocycles. The van der Waals surface area contributed by atoms with E-state index in [1.165, 1.54) is 29.8 Å². The van der Waals surface area contributed by atoms with Crippen LogP contribution in [0.25, 0.3) is 11.7 Å². The standard InChI is InChI=1S/C24H17N3O5S/c1-31-17-10-12-18(13-11-17)32-23-21(24(28)27-14-6-5-9-22(27)26-23)15-20(16-25)33(29,30)19-7-3-2-4-8-19/h2-15H,1H3. The molecule has 0 atom stereocenters. The van der Waals surface area contributed by atoms with Gasteiger partial charge in [0, 0.05) is 6.20 Å². The largest absolute Gasteiger partial charge is 0.497 e. The van der Waals surface area contributed by atoms with Crippen LogP contribution < -0.4 is 15.0 Å². The zero-order valence-electron chi connectivity index (χ0n) is 17.4. The van der Waals surface area contributed by atoms with Crippen molar-refractivity contribution in [1.29, 1.82) is 5.26 Å². The Labute approximate surface area is 189 Å². The Morgan fingerprint density at radius 3 is 2.33 bits per heavy atom. The summed E-state index contributed by atoms with van der Waals surface area (Å²) in [5, 5.41) is 9.65. The molecule has 0 unspecified atom stereocenters. The minimum Gasteiger partial charge on any atom is -0.497 e. The summed E-state index contributed by atoms with van der Waals surface area (Å²) in [5.41, 5.74) is -0.460. The van der Waals surface area contributed by atoms with Crippen LogP contribution >= 0.6 is 0 Å². The van der Waals surface area contributed by atoms with Crippen LogP contribution in [-0.4, -0.2) is 24.9 Å². The summed E-state index contributed by atoms with van der Waals surface area (Å²) >= 11 is 0. The summed E-state index contributed by atoms with van der Waals surface area (Å²) in [5.74, 6) is 0.823. The highest BCUT2D eigenvalue weighted by atomic mass is 32.2. The van der Waals surface area contributed by atoms with Gasteiger partial charge in [-0.2, -0.15) is 10.2 Å². The van der Waals surface area contributed by atoms with Gasteiger partial charge < -0.3 is 9.47 Å². The fourth-order valence-corrected chi connectivity index (χ4v) is 4.23. The Balaban J connectivity index is 1.91. The minimum absolute atomic E-state index is 0.0655. The van der Waals surface area contributed by atoms with Gasteiger partial charge in [-0.15, -0.1) is 0 Å². The number of methoxy groups -OCH3 is 1. The number of allylic oxidation sites excluding steroid dienone is 1. The smallest absolute Gasteiger partial charge is 0.269 e. The summed E-state index contributed by atoms with van der Waals surface area (Å²) in [6, 6.07) is 20.7. The Morgan fingerprint density at radius 1 is 1.00 bits per heavy atom. The Bertz CT molecular complexity index is 1550. The van der Waals surface area contributed by atoms with Gasteiger partial charge in [0.1, 0.15) is 33.7 Å². The molecule has 164 valence electrons. The van der Waals surface area contributed by atoms with Crippen LogP contribution in [0.2, 0.25) is 0 Å². The molecule has 0 bridgehead atoms. The third-order valence-corrected chi connectivity index (χ3v) is 6.42. The van der Waals surface area contributed by atoms with Crippen molar-refractivity contribution < 1.29 is 17.9 Å². The van der Waals surface area contributed by atoms with Crippen LogP contribution in [0.5, 0.6) is 17.4 Å². The molecule has 0 saturated carbocycles. The molecule has 8 nitrogen and oxygen atoms in total. The first-order valence-electron chi connectivity index (χ1n) is 9.69. The van der Waals surface area contributed by atoms with Crippen molar-refractivity contribution in [3.05, 3.63) is 99.8 Å². The monoisotopic (exact) mass is 459 g/mol. The molecule has 0 fully saturated rings. The minimum atomic E-state index is -4.17. The van der Waals surface area contributed by atoms with E-state index in [2.05, 4.69) is 4.98 Å². The summed E-state index contributed by atoms with van der Waals surface area (Å²) in [6.07, 6.45) is 2.49. The molecule has 4 aromatic rings. The fourth-order valence-electron chi connectivity index (χ4n) is 3.07. The lowest BCUT2D eigenvalue weighted by molar-refractivity contribution is 0.412. The molecule has 4 rings (SSSR count). The Kier molecular flexibility index (Phi) is 5.93. The second kappa shape index (κ2) is 8.98. The number of fused-ring (bicyclic) bond motifs is 1. The molecular weight excluding hydrogens is 442 g/mol. The van der Waals surface area contributed by atoms with Crippen LogP contribution in [0.3, 0.4) is 0 Å². The first kappa shape index (κ1) is 21.8. The fraction of sp³-hybridized carbons (Fsp3) is 0.0417. The number of ether oxygens (including phenoxy) is 2. The molecule has 0 aliphatic heterocycles. The van der Waals surface area contributed by atoms with Gasteiger partial charge in [-0.3, -0.25) is 9.20 Å². The number of nitrogens with zero attached hydrogens (tertiary/aromatic N) is 3. The van der Waals surface area contributed by atoms with E-state index in [1.807, 2.05) is 0 Å². The van der Waals surface area contributed by atoms with E-state index in [9.17, 15) is 18.5 Å². The van der Waals surface area contributed by atoms with E-state index in [4.69, 9.17) is 9.47 Å². The van der Waals surface area contributed by atoms with Gasteiger partial charge in [0.15, 0.2) is 0 Å². The van der Waals surface area contributed by atoms with Gasteiger partial charge in [-0.25, -0.2) is 8.42 Å². The van der Waals surface area contributed by atoms with Crippen molar-refractivity contribution >= 4 is 21.6 Å². The molecule has 2 aromatic carbocycles. The molecule has 9 heteroatoms. The van der Waals surface area contributed by atoms with E-state index in [0.717, 1.165) is 6.08 Å². The van der Waals surface area contributed by atoms with Gasteiger partial charge >= 0.3 is 0 Å². The molecule has 0 radical (unpaired) electrons. The number of aromatic nitrogens is 2. The number of rotatable bonds is 6. The van der Waals surface area contributed by atoms with Crippen molar-refractivity contribution in [3.8, 4) is 23.4 Å². The molecule has 0 amide bonds. The van der Waals surface area contributed by atoms with E-state index in [-0.39, 0.29) is 16.3 Å². The van der Waals surface area contributed by atoms with Crippen LogP contribution in [0, 0.1) is 11.3 Å². The Hall–Kier alpha value is -4.42. The predicted octanol–water partition coefficient (Wildman–Crippen LogP) is 3.83. The summed E-state index contributed by atoms with van der Waals surface area (Å²) < 4.78 is 38.2. The van der Waals surface area contributed by atoms with Crippen molar-refractivity contribution in [2.45, 2.75) is 4.90 Å². The zero-order valence-corrected chi connectivity index (χ0v) is 18.2. The van der Waals surface area contributed by atoms with E-state index < -0.39 is 20.3 Å². The molecular formula is C24H17N3O5S. The third kappa shape index (κ3) is 4.33. The quantitative estimate of drug-likeness (QED) is 0.403. The average Bonchev–Trinajstić information content (AvgIpc) is 2.85. The topological polar surface area (TPSA) is 111 Å². The number of pyridine rings is 1. The summed E-state index contributed by atoms with van der Waals surface area (Å²) in [4.78, 5) is 16.9. The molecule has 33 heavy (non-hydrogen) atoms. The first-order valence-corrected chi connectivity index (χ1v) is 11.2. The maximum atomic E-state index is 13.2. The van der Waals surface area contributed by atoms with Crippen LogP contribution in [0.15, 0.2) is 93.6 Å². The van der Waals surface area contributed by atoms with Crippen LogP contribution in [-0.2, 0) is 9.84 Å². The molecule has 0 spiro atoms. The molecule has 0 N–H and O–H groups in total. The molecule has 0 aliphatic rings. The highest BCUT2D eigenvalue weighted by Gasteiger charge is 2.23. The summed E-state index contributed by atoms with van der Waals surface area (Å²) in [7, 11) is -2.64. The highest BCUT2D eigenvalue weighted by Crippen LogP contribution is 2.27. The average molecular weight is 459 g/mol. The maximum Gasteiger partial charge on any atom is 0.269 e. The number of benzene rings is 2. The van der Waals surface area contributed by atoms with E-state index >= 15 is 0 Å². The van der Waals surface area contributed by atoms with Crippen molar-refractivity contribution in [3.63, 3.8) is 0 Å². The maximum absolute atomic E-state index is 13.2.